The van der Waals surface area contributed by atoms with Crippen LogP contribution in [0, 0.1) is 0 Å². The van der Waals surface area contributed by atoms with Gasteiger partial charge in [0.15, 0.2) is 5.60 Å². The quantitative estimate of drug-likeness (QED) is 0.641. The van der Waals surface area contributed by atoms with Crippen molar-refractivity contribution < 1.29 is 14.3 Å². The molecule has 0 atom stereocenters. The van der Waals surface area contributed by atoms with E-state index in [1.165, 1.54) is 0 Å². The smallest absolute Gasteiger partial charge is 0.226 e. The largest absolute Gasteiger partial charge is 0.496 e. The first kappa shape index (κ1) is 9.84. The lowest BCUT2D eigenvalue weighted by Gasteiger charge is -2.12. The highest BCUT2D eigenvalue weighted by Gasteiger charge is 2.17. The van der Waals surface area contributed by atoms with E-state index in [0.29, 0.717) is 0 Å². The van der Waals surface area contributed by atoms with E-state index in [-0.39, 0.29) is 5.60 Å². The third-order valence-corrected chi connectivity index (χ3v) is 1.39. The minimum absolute atomic E-state index is 0.181. The zero-order valence-electron chi connectivity index (χ0n) is 8.57. The van der Waals surface area contributed by atoms with Gasteiger partial charge in [0, 0.05) is 16.9 Å². The third kappa shape index (κ3) is 3.32. The molecule has 0 saturated heterocycles. The SMILES string of the molecule is COc1cc[n+](OC(C)(C)C)cc1. The van der Waals surface area contributed by atoms with E-state index in [0.717, 1.165) is 5.75 Å². The second-order valence-electron chi connectivity index (χ2n) is 3.80. The Morgan fingerprint density at radius 3 is 2.08 bits per heavy atom. The summed E-state index contributed by atoms with van der Waals surface area (Å²) in [6.07, 6.45) is 3.65. The molecule has 0 aromatic carbocycles. The molecule has 72 valence electrons. The van der Waals surface area contributed by atoms with Crippen LogP contribution in [-0.2, 0) is 0 Å². The minimum atomic E-state index is -0.181. The summed E-state index contributed by atoms with van der Waals surface area (Å²) in [4.78, 5) is 5.56. The third-order valence-electron chi connectivity index (χ3n) is 1.39. The fourth-order valence-electron chi connectivity index (χ4n) is 0.912. The van der Waals surface area contributed by atoms with Crippen LogP contribution in [0.15, 0.2) is 24.5 Å². The van der Waals surface area contributed by atoms with Crippen molar-refractivity contribution in [3.63, 3.8) is 0 Å². The normalized spacial score (nSPS) is 11.1. The maximum atomic E-state index is 5.56. The average molecular weight is 182 g/mol. The molecule has 0 aliphatic heterocycles. The van der Waals surface area contributed by atoms with Crippen LogP contribution in [0.1, 0.15) is 20.8 Å². The Hall–Kier alpha value is -1.25. The molecular formula is C10H16NO2+. The van der Waals surface area contributed by atoms with Gasteiger partial charge in [-0.25, -0.2) is 0 Å². The minimum Gasteiger partial charge on any atom is -0.496 e. The molecule has 0 fully saturated rings. The number of ether oxygens (including phenoxy) is 1. The Morgan fingerprint density at radius 1 is 1.15 bits per heavy atom. The lowest BCUT2D eigenvalue weighted by Crippen LogP contribution is -2.50. The standard InChI is InChI=1S/C10H16NO2/c1-10(2,3)13-11-7-5-9(12-4)6-8-11/h5-8H,1-4H3/q+1. The number of aromatic nitrogens is 1. The molecule has 0 aliphatic carbocycles. The highest BCUT2D eigenvalue weighted by Crippen LogP contribution is 2.04. The molecule has 13 heavy (non-hydrogen) atoms. The lowest BCUT2D eigenvalue weighted by atomic mass is 10.2. The summed E-state index contributed by atoms with van der Waals surface area (Å²) in [5.41, 5.74) is -0.181. The van der Waals surface area contributed by atoms with Gasteiger partial charge in [0.25, 0.3) is 0 Å². The van der Waals surface area contributed by atoms with Gasteiger partial charge in [-0.3, -0.25) is 4.84 Å². The number of hydrogen-bond donors (Lipinski definition) is 0. The average Bonchev–Trinajstić information content (AvgIpc) is 2.03. The number of methoxy groups -OCH3 is 1. The summed E-state index contributed by atoms with van der Waals surface area (Å²) in [7, 11) is 1.64. The summed E-state index contributed by atoms with van der Waals surface area (Å²) in [6.45, 7) is 6.01. The van der Waals surface area contributed by atoms with E-state index in [2.05, 4.69) is 0 Å². The number of pyridine rings is 1. The van der Waals surface area contributed by atoms with E-state index >= 15 is 0 Å². The summed E-state index contributed by atoms with van der Waals surface area (Å²) in [5, 5.41) is 0. The maximum Gasteiger partial charge on any atom is 0.226 e. The summed E-state index contributed by atoms with van der Waals surface area (Å²) < 4.78 is 6.70. The van der Waals surface area contributed by atoms with E-state index in [4.69, 9.17) is 9.57 Å². The Bertz CT molecular complexity index is 261. The van der Waals surface area contributed by atoms with Crippen molar-refractivity contribution in [3.8, 4) is 5.75 Å². The van der Waals surface area contributed by atoms with Gasteiger partial charge in [0.05, 0.1) is 7.11 Å². The van der Waals surface area contributed by atoms with Crippen molar-refractivity contribution in [2.75, 3.05) is 7.11 Å². The second-order valence-corrected chi connectivity index (χ2v) is 3.80. The van der Waals surface area contributed by atoms with Crippen LogP contribution in [0.5, 0.6) is 5.75 Å². The van der Waals surface area contributed by atoms with Crippen molar-refractivity contribution >= 4 is 0 Å². The fraction of sp³-hybridized carbons (Fsp3) is 0.500. The first-order valence-corrected chi connectivity index (χ1v) is 4.26. The first-order chi connectivity index (χ1) is 6.01. The predicted octanol–water partition coefficient (Wildman–Crippen LogP) is 1.21. The summed E-state index contributed by atoms with van der Waals surface area (Å²) >= 11 is 0. The number of nitrogens with zero attached hydrogens (tertiary/aromatic N) is 1. The molecule has 1 rings (SSSR count). The molecule has 1 aromatic rings. The Morgan fingerprint density at radius 2 is 1.69 bits per heavy atom. The Balaban J connectivity index is 2.70. The molecule has 0 radical (unpaired) electrons. The highest BCUT2D eigenvalue weighted by atomic mass is 16.7. The van der Waals surface area contributed by atoms with Crippen LogP contribution in [0.2, 0.25) is 0 Å². The van der Waals surface area contributed by atoms with Gasteiger partial charge in [-0.1, -0.05) is 0 Å². The monoisotopic (exact) mass is 182 g/mol. The van der Waals surface area contributed by atoms with Crippen molar-refractivity contribution in [2.24, 2.45) is 0 Å². The van der Waals surface area contributed by atoms with E-state index in [1.54, 1.807) is 11.8 Å². The zero-order valence-corrected chi connectivity index (χ0v) is 8.57. The van der Waals surface area contributed by atoms with Crippen molar-refractivity contribution in [2.45, 2.75) is 26.4 Å². The topological polar surface area (TPSA) is 22.3 Å². The van der Waals surface area contributed by atoms with Crippen LogP contribution < -0.4 is 14.3 Å². The Kier molecular flexibility index (Phi) is 2.76. The van der Waals surface area contributed by atoms with E-state index in [1.807, 2.05) is 45.3 Å². The zero-order chi connectivity index (χ0) is 9.90. The van der Waals surface area contributed by atoms with Gasteiger partial charge in [-0.2, -0.15) is 0 Å². The van der Waals surface area contributed by atoms with Crippen LogP contribution in [-0.4, -0.2) is 12.7 Å². The van der Waals surface area contributed by atoms with Crippen LogP contribution in [0.25, 0.3) is 0 Å². The lowest BCUT2D eigenvalue weighted by molar-refractivity contribution is -0.905. The van der Waals surface area contributed by atoms with Crippen LogP contribution >= 0.6 is 0 Å². The highest BCUT2D eigenvalue weighted by molar-refractivity contribution is 5.13. The van der Waals surface area contributed by atoms with Gasteiger partial charge in [0.1, 0.15) is 5.75 Å². The molecule has 0 bridgehead atoms. The summed E-state index contributed by atoms with van der Waals surface area (Å²) in [6, 6.07) is 3.71. The van der Waals surface area contributed by atoms with Gasteiger partial charge in [-0.15, -0.1) is 0 Å². The first-order valence-electron chi connectivity index (χ1n) is 4.26. The van der Waals surface area contributed by atoms with Crippen molar-refractivity contribution in [3.05, 3.63) is 24.5 Å². The van der Waals surface area contributed by atoms with Crippen molar-refractivity contribution in [1.29, 1.82) is 0 Å². The molecule has 0 saturated carbocycles. The van der Waals surface area contributed by atoms with Crippen molar-refractivity contribution in [1.82, 2.24) is 0 Å². The molecule has 3 heteroatoms. The van der Waals surface area contributed by atoms with Gasteiger partial charge in [0.2, 0.25) is 12.4 Å². The molecule has 0 amide bonds. The molecule has 0 spiro atoms. The molecule has 0 aliphatic rings. The second kappa shape index (κ2) is 3.64. The van der Waals surface area contributed by atoms with Gasteiger partial charge in [-0.05, 0) is 20.8 Å². The molecular weight excluding hydrogens is 166 g/mol. The van der Waals surface area contributed by atoms with Gasteiger partial charge >= 0.3 is 0 Å². The molecule has 3 nitrogen and oxygen atoms in total. The van der Waals surface area contributed by atoms with E-state index in [9.17, 15) is 0 Å². The summed E-state index contributed by atoms with van der Waals surface area (Å²) in [5.74, 6) is 0.828. The fourth-order valence-corrected chi connectivity index (χ4v) is 0.912. The number of hydrogen-bond acceptors (Lipinski definition) is 2. The molecule has 1 heterocycles. The van der Waals surface area contributed by atoms with Crippen LogP contribution in [0.4, 0.5) is 0 Å². The molecule has 0 unspecified atom stereocenters. The number of rotatable bonds is 2. The van der Waals surface area contributed by atoms with Gasteiger partial charge < -0.3 is 4.74 Å². The van der Waals surface area contributed by atoms with E-state index < -0.39 is 0 Å². The predicted molar refractivity (Wildman–Crippen MR) is 49.5 cm³/mol. The molecule has 1 aromatic heterocycles. The maximum absolute atomic E-state index is 5.56. The van der Waals surface area contributed by atoms with Crippen LogP contribution in [0.3, 0.4) is 0 Å². The Labute approximate surface area is 78.9 Å². The molecule has 0 N–H and O–H groups in total.